The first-order valence-corrected chi connectivity index (χ1v) is 5.84. The largest absolute Gasteiger partial charge is 0.298 e. The Labute approximate surface area is 92.5 Å². The van der Waals surface area contributed by atoms with Crippen LogP contribution in [0, 0.1) is 0 Å². The van der Waals surface area contributed by atoms with E-state index in [0.717, 1.165) is 19.6 Å². The summed E-state index contributed by atoms with van der Waals surface area (Å²) in [5.41, 5.74) is 0. The van der Waals surface area contributed by atoms with E-state index in [1.807, 2.05) is 6.08 Å². The average Bonchev–Trinajstić information content (AvgIpc) is 2.14. The molecule has 0 aromatic carbocycles. The maximum atomic E-state index is 5.59. The molecule has 82 valence electrons. The van der Waals surface area contributed by atoms with E-state index < -0.39 is 0 Å². The van der Waals surface area contributed by atoms with Crippen LogP contribution in [0.1, 0.15) is 13.8 Å². The molecule has 0 radical (unpaired) electrons. The summed E-state index contributed by atoms with van der Waals surface area (Å²) in [7, 11) is 2.21. The van der Waals surface area contributed by atoms with Crippen LogP contribution in [0.3, 0.4) is 0 Å². The van der Waals surface area contributed by atoms with Crippen molar-refractivity contribution in [2.24, 2.45) is 0 Å². The van der Waals surface area contributed by atoms with Crippen LogP contribution in [0.25, 0.3) is 0 Å². The van der Waals surface area contributed by atoms with Crippen LogP contribution in [0.5, 0.6) is 0 Å². The molecule has 2 nitrogen and oxygen atoms in total. The molecule has 0 amide bonds. The van der Waals surface area contributed by atoms with E-state index >= 15 is 0 Å². The summed E-state index contributed by atoms with van der Waals surface area (Å²) in [5.74, 6) is 0.624. The molecular formula is C11H21ClN2. The van der Waals surface area contributed by atoms with Gasteiger partial charge < -0.3 is 0 Å². The van der Waals surface area contributed by atoms with Crippen molar-refractivity contribution in [3.05, 3.63) is 12.2 Å². The summed E-state index contributed by atoms with van der Waals surface area (Å²) < 4.78 is 0. The fraction of sp³-hybridized carbons (Fsp3) is 0.818. The van der Waals surface area contributed by atoms with Gasteiger partial charge in [0.15, 0.2) is 0 Å². The number of nitrogens with zero attached hydrogens (tertiary/aromatic N) is 2. The van der Waals surface area contributed by atoms with Gasteiger partial charge in [0, 0.05) is 37.6 Å². The summed E-state index contributed by atoms with van der Waals surface area (Å²) in [6.07, 6.45) is 4.19. The van der Waals surface area contributed by atoms with Gasteiger partial charge in [-0.2, -0.15) is 0 Å². The second-order valence-electron chi connectivity index (χ2n) is 4.21. The number of hydrogen-bond acceptors (Lipinski definition) is 2. The van der Waals surface area contributed by atoms with Crippen LogP contribution in [0.4, 0.5) is 0 Å². The zero-order valence-corrected chi connectivity index (χ0v) is 10.2. The van der Waals surface area contributed by atoms with Crippen LogP contribution in [-0.4, -0.2) is 54.4 Å². The molecule has 0 spiro atoms. The van der Waals surface area contributed by atoms with Crippen LogP contribution >= 0.6 is 11.6 Å². The minimum atomic E-state index is 0.624. The van der Waals surface area contributed by atoms with Crippen molar-refractivity contribution < 1.29 is 0 Å². The molecule has 1 heterocycles. The summed E-state index contributed by atoms with van der Waals surface area (Å²) in [4.78, 5) is 4.93. The lowest BCUT2D eigenvalue weighted by Gasteiger charge is -2.42. The van der Waals surface area contributed by atoms with Gasteiger partial charge in [-0.15, -0.1) is 11.6 Å². The molecular weight excluding hydrogens is 196 g/mol. The Bertz CT molecular complexity index is 182. The molecule has 3 heteroatoms. The molecule has 1 aliphatic heterocycles. The lowest BCUT2D eigenvalue weighted by molar-refractivity contribution is 0.0673. The van der Waals surface area contributed by atoms with Gasteiger partial charge in [-0.1, -0.05) is 12.2 Å². The van der Waals surface area contributed by atoms with Crippen molar-refractivity contribution in [3.8, 4) is 0 Å². The number of halogens is 1. The van der Waals surface area contributed by atoms with Gasteiger partial charge in [0.05, 0.1) is 0 Å². The summed E-state index contributed by atoms with van der Waals surface area (Å²) >= 11 is 5.59. The van der Waals surface area contributed by atoms with Crippen molar-refractivity contribution in [2.75, 3.05) is 32.6 Å². The van der Waals surface area contributed by atoms with E-state index in [0.29, 0.717) is 18.0 Å². The van der Waals surface area contributed by atoms with E-state index in [9.17, 15) is 0 Å². The highest BCUT2D eigenvalue weighted by molar-refractivity contribution is 6.18. The third-order valence-corrected chi connectivity index (χ3v) is 3.23. The Morgan fingerprint density at radius 2 is 1.79 bits per heavy atom. The summed E-state index contributed by atoms with van der Waals surface area (Å²) in [6, 6.07) is 1.31. The molecule has 0 saturated carbocycles. The van der Waals surface area contributed by atoms with E-state index in [1.54, 1.807) is 0 Å². The van der Waals surface area contributed by atoms with Crippen molar-refractivity contribution in [3.63, 3.8) is 0 Å². The van der Waals surface area contributed by atoms with Gasteiger partial charge in [-0.05, 0) is 20.9 Å². The second-order valence-corrected chi connectivity index (χ2v) is 4.52. The zero-order chi connectivity index (χ0) is 10.6. The number of likely N-dealkylation sites (N-methyl/N-ethyl adjacent to an activating group) is 1. The SMILES string of the molecule is CC1CN(C/C=C/CCl)CC(C)N1C. The summed E-state index contributed by atoms with van der Waals surface area (Å²) in [5, 5.41) is 0. The van der Waals surface area contributed by atoms with Crippen LogP contribution in [0.15, 0.2) is 12.2 Å². The smallest absolute Gasteiger partial charge is 0.0404 e. The number of alkyl halides is 1. The molecule has 0 bridgehead atoms. The third-order valence-electron chi connectivity index (χ3n) is 3.05. The molecule has 0 N–H and O–H groups in total. The van der Waals surface area contributed by atoms with Crippen LogP contribution in [0.2, 0.25) is 0 Å². The van der Waals surface area contributed by atoms with Gasteiger partial charge >= 0.3 is 0 Å². The molecule has 0 aromatic rings. The van der Waals surface area contributed by atoms with Crippen LogP contribution < -0.4 is 0 Å². The first kappa shape index (κ1) is 12.0. The summed E-state index contributed by atoms with van der Waals surface area (Å²) in [6.45, 7) is 7.93. The van der Waals surface area contributed by atoms with E-state index in [1.165, 1.54) is 0 Å². The molecule has 2 atom stereocenters. The van der Waals surface area contributed by atoms with Crippen molar-refractivity contribution in [2.45, 2.75) is 25.9 Å². The first-order valence-electron chi connectivity index (χ1n) is 5.30. The molecule has 0 aliphatic carbocycles. The third kappa shape index (κ3) is 3.26. The van der Waals surface area contributed by atoms with Gasteiger partial charge in [-0.3, -0.25) is 9.80 Å². The fourth-order valence-corrected chi connectivity index (χ4v) is 2.08. The Morgan fingerprint density at radius 3 is 2.29 bits per heavy atom. The van der Waals surface area contributed by atoms with Crippen molar-refractivity contribution in [1.82, 2.24) is 9.80 Å². The number of allylic oxidation sites excluding steroid dienone is 1. The Morgan fingerprint density at radius 1 is 1.21 bits per heavy atom. The Balaban J connectivity index is 2.38. The minimum Gasteiger partial charge on any atom is -0.298 e. The standard InChI is InChI=1S/C11H21ClN2/c1-10-8-14(7-5-4-6-12)9-11(2)13(10)3/h4-5,10-11H,6-9H2,1-3H3/b5-4+. The lowest BCUT2D eigenvalue weighted by atomic mass is 10.1. The predicted molar refractivity (Wildman–Crippen MR) is 63.0 cm³/mol. The monoisotopic (exact) mass is 216 g/mol. The molecule has 14 heavy (non-hydrogen) atoms. The van der Waals surface area contributed by atoms with Crippen LogP contribution in [-0.2, 0) is 0 Å². The van der Waals surface area contributed by atoms with Gasteiger partial charge in [-0.25, -0.2) is 0 Å². The molecule has 2 unspecified atom stereocenters. The normalized spacial score (nSPS) is 31.4. The average molecular weight is 217 g/mol. The Hall–Kier alpha value is -0.0500. The highest BCUT2D eigenvalue weighted by Gasteiger charge is 2.25. The molecule has 1 rings (SSSR count). The van der Waals surface area contributed by atoms with Gasteiger partial charge in [0.25, 0.3) is 0 Å². The maximum Gasteiger partial charge on any atom is 0.0404 e. The van der Waals surface area contributed by atoms with Crippen molar-refractivity contribution >= 4 is 11.6 Å². The van der Waals surface area contributed by atoms with Gasteiger partial charge in [0.2, 0.25) is 0 Å². The Kier molecular flexibility index (Phi) is 4.93. The minimum absolute atomic E-state index is 0.624. The lowest BCUT2D eigenvalue weighted by Crippen LogP contribution is -2.54. The van der Waals surface area contributed by atoms with Gasteiger partial charge in [0.1, 0.15) is 0 Å². The number of rotatable bonds is 3. The number of piperazine rings is 1. The van der Waals surface area contributed by atoms with Crippen molar-refractivity contribution in [1.29, 1.82) is 0 Å². The first-order chi connectivity index (χ1) is 6.65. The quantitative estimate of drug-likeness (QED) is 0.525. The zero-order valence-electron chi connectivity index (χ0n) is 9.41. The number of hydrogen-bond donors (Lipinski definition) is 0. The van der Waals surface area contributed by atoms with E-state index in [-0.39, 0.29) is 0 Å². The molecule has 0 aromatic heterocycles. The van der Waals surface area contributed by atoms with E-state index in [4.69, 9.17) is 11.6 Å². The highest BCUT2D eigenvalue weighted by atomic mass is 35.5. The van der Waals surface area contributed by atoms with E-state index in [2.05, 4.69) is 36.8 Å². The second kappa shape index (κ2) is 5.74. The molecule has 1 saturated heterocycles. The molecule has 1 aliphatic rings. The molecule has 1 fully saturated rings. The maximum absolute atomic E-state index is 5.59. The fourth-order valence-electron chi connectivity index (χ4n) is 1.95. The predicted octanol–water partition coefficient (Wildman–Crippen LogP) is 1.81. The topological polar surface area (TPSA) is 6.48 Å². The highest BCUT2D eigenvalue weighted by Crippen LogP contribution is 2.12.